The van der Waals surface area contributed by atoms with Crippen molar-refractivity contribution in [2.45, 2.75) is 32.0 Å². The number of fused-ring (bicyclic) bond motifs is 2. The maximum absolute atomic E-state index is 13.3. The molecule has 44 heavy (non-hydrogen) atoms. The Hall–Kier alpha value is -5.17. The van der Waals surface area contributed by atoms with Crippen molar-refractivity contribution in [2.75, 3.05) is 29.5 Å². The fourth-order valence-corrected chi connectivity index (χ4v) is 5.56. The lowest BCUT2D eigenvalue weighted by Crippen LogP contribution is -2.43. The van der Waals surface area contributed by atoms with E-state index < -0.39 is 17.8 Å². The number of nitrogens with one attached hydrogen (secondary N) is 4. The third kappa shape index (κ3) is 5.61. The van der Waals surface area contributed by atoms with Gasteiger partial charge < -0.3 is 27.0 Å². The number of nitrogen functional groups attached to an aromatic ring is 1. The molecule has 1 aliphatic rings. The number of aromatic nitrogens is 3. The molecule has 5 aromatic rings. The zero-order chi connectivity index (χ0) is 31.0. The minimum atomic E-state index is -4.54. The Balaban J connectivity index is 1.34. The number of benzene rings is 3. The summed E-state index contributed by atoms with van der Waals surface area (Å²) in [5, 5.41) is 13.0. The molecule has 10 nitrogen and oxygen atoms in total. The molecule has 2 aromatic heterocycles. The van der Waals surface area contributed by atoms with Gasteiger partial charge in [-0.2, -0.15) is 13.2 Å². The van der Waals surface area contributed by atoms with Crippen LogP contribution < -0.4 is 27.0 Å². The van der Waals surface area contributed by atoms with Crippen LogP contribution in [-0.4, -0.2) is 45.4 Å². The summed E-state index contributed by atoms with van der Waals surface area (Å²) in [6.07, 6.45) is -1.43. The topological polar surface area (TPSA) is 138 Å². The van der Waals surface area contributed by atoms with Crippen molar-refractivity contribution in [3.63, 3.8) is 0 Å². The summed E-state index contributed by atoms with van der Waals surface area (Å²) in [6.45, 7) is 3.45. The molecule has 226 valence electrons. The van der Waals surface area contributed by atoms with Gasteiger partial charge in [-0.25, -0.2) is 14.8 Å². The molecule has 0 unspecified atom stereocenters. The maximum atomic E-state index is 13.3. The third-order valence-corrected chi connectivity index (χ3v) is 7.64. The molecule has 1 saturated heterocycles. The van der Waals surface area contributed by atoms with Crippen molar-refractivity contribution in [1.29, 1.82) is 0 Å². The number of anilines is 3. The lowest BCUT2D eigenvalue weighted by Gasteiger charge is -2.23. The number of alkyl halides is 3. The monoisotopic (exact) mass is 602 g/mol. The number of imidazole rings is 1. The van der Waals surface area contributed by atoms with E-state index in [9.17, 15) is 22.8 Å². The van der Waals surface area contributed by atoms with Crippen LogP contribution in [0.5, 0.6) is 0 Å². The van der Waals surface area contributed by atoms with Gasteiger partial charge >= 0.3 is 12.2 Å². The first-order valence-electron chi connectivity index (χ1n) is 14.0. The molecule has 0 aliphatic carbocycles. The highest BCUT2D eigenvalue weighted by molar-refractivity contribution is 6.11. The molecule has 0 bridgehead atoms. The largest absolute Gasteiger partial charge is 0.416 e. The van der Waals surface area contributed by atoms with Crippen LogP contribution in [0.4, 0.5) is 35.2 Å². The van der Waals surface area contributed by atoms with Crippen LogP contribution in [0.3, 0.4) is 0 Å². The molecule has 0 spiro atoms. The van der Waals surface area contributed by atoms with Crippen molar-refractivity contribution in [3.8, 4) is 11.3 Å². The van der Waals surface area contributed by atoms with E-state index in [1.54, 1.807) is 29.5 Å². The van der Waals surface area contributed by atoms with Crippen LogP contribution >= 0.6 is 0 Å². The first kappa shape index (κ1) is 28.9. The maximum Gasteiger partial charge on any atom is 0.416 e. The Morgan fingerprint density at radius 1 is 1.00 bits per heavy atom. The summed E-state index contributed by atoms with van der Waals surface area (Å²) in [5.41, 5.74) is 7.94. The average Bonchev–Trinajstić information content (AvgIpc) is 3.35. The second kappa shape index (κ2) is 11.5. The predicted molar refractivity (Wildman–Crippen MR) is 163 cm³/mol. The quantitative estimate of drug-likeness (QED) is 0.178. The number of aryl methyl sites for hydroxylation is 1. The highest BCUT2D eigenvalue weighted by atomic mass is 19.4. The number of urea groups is 1. The van der Waals surface area contributed by atoms with Gasteiger partial charge in [-0.15, -0.1) is 0 Å². The molecule has 0 radical (unpaired) electrons. The van der Waals surface area contributed by atoms with Gasteiger partial charge in [-0.1, -0.05) is 36.4 Å². The summed E-state index contributed by atoms with van der Waals surface area (Å²) in [7, 11) is 0. The Bertz CT molecular complexity index is 1900. The van der Waals surface area contributed by atoms with Gasteiger partial charge in [0.1, 0.15) is 28.5 Å². The van der Waals surface area contributed by atoms with Crippen LogP contribution in [0.1, 0.15) is 34.7 Å². The zero-order valence-electron chi connectivity index (χ0n) is 23.6. The van der Waals surface area contributed by atoms with Crippen LogP contribution in [-0.2, 0) is 6.18 Å². The van der Waals surface area contributed by atoms with Crippen LogP contribution in [0, 0.1) is 6.92 Å². The molecule has 1 aliphatic heterocycles. The van der Waals surface area contributed by atoms with Gasteiger partial charge in [-0.05, 0) is 62.5 Å². The van der Waals surface area contributed by atoms with Gasteiger partial charge in [0.2, 0.25) is 0 Å². The highest BCUT2D eigenvalue weighted by Crippen LogP contribution is 2.37. The van der Waals surface area contributed by atoms with Crippen molar-refractivity contribution in [1.82, 2.24) is 25.0 Å². The Kier molecular flexibility index (Phi) is 7.55. The number of carbonyl (C=O) groups excluding carboxylic acids is 2. The number of amides is 3. The van der Waals surface area contributed by atoms with Gasteiger partial charge in [0.05, 0.1) is 17.4 Å². The summed E-state index contributed by atoms with van der Waals surface area (Å²) in [4.78, 5) is 35.3. The molecule has 3 aromatic carbocycles. The lowest BCUT2D eigenvalue weighted by atomic mass is 10.00. The first-order chi connectivity index (χ1) is 21.1. The molecule has 6 rings (SSSR count). The van der Waals surface area contributed by atoms with E-state index in [4.69, 9.17) is 10.7 Å². The van der Waals surface area contributed by atoms with Crippen molar-refractivity contribution < 1.29 is 22.8 Å². The number of carbonyl (C=O) groups is 2. The van der Waals surface area contributed by atoms with E-state index >= 15 is 0 Å². The average molecular weight is 603 g/mol. The Morgan fingerprint density at radius 3 is 2.50 bits per heavy atom. The van der Waals surface area contributed by atoms with Gasteiger partial charge in [-0.3, -0.25) is 9.20 Å². The van der Waals surface area contributed by atoms with Gasteiger partial charge in [0.25, 0.3) is 5.91 Å². The van der Waals surface area contributed by atoms with Crippen LogP contribution in [0.15, 0.2) is 66.9 Å². The molecule has 13 heteroatoms. The van der Waals surface area contributed by atoms with Gasteiger partial charge in [0, 0.05) is 22.7 Å². The standard InChI is InChI=1S/C31H29F3N8O2/c1-17-38-26(27-28(35)37-16-25(42(17)27)29(43)39-19-11-13-36-14-12-19)23-9-10-24(22-8-3-2-7-21(22)23)41-30(44)40-20-6-4-5-18(15-20)31(32,33)34/h2-10,15-16,19,36H,11-14H2,1H3,(H2,35,37)(H,39,43)(H2,40,41,44). The molecular formula is C31H29F3N8O2. The molecular weight excluding hydrogens is 573 g/mol. The lowest BCUT2D eigenvalue weighted by molar-refractivity contribution is -0.137. The number of piperidine rings is 1. The fraction of sp³-hybridized carbons (Fsp3) is 0.226. The summed E-state index contributed by atoms with van der Waals surface area (Å²) < 4.78 is 41.1. The second-order valence-electron chi connectivity index (χ2n) is 10.6. The number of hydrogen-bond acceptors (Lipinski definition) is 6. The Morgan fingerprint density at radius 2 is 1.75 bits per heavy atom. The molecule has 1 fully saturated rings. The van der Waals surface area contributed by atoms with E-state index in [0.29, 0.717) is 39.4 Å². The summed E-state index contributed by atoms with van der Waals surface area (Å²) in [5.74, 6) is 0.481. The number of rotatable bonds is 5. The summed E-state index contributed by atoms with van der Waals surface area (Å²) in [6, 6.07) is 14.5. The van der Waals surface area contributed by atoms with Crippen LogP contribution in [0.25, 0.3) is 27.5 Å². The third-order valence-electron chi connectivity index (χ3n) is 7.64. The van der Waals surface area contributed by atoms with E-state index in [0.717, 1.165) is 43.5 Å². The molecule has 6 N–H and O–H groups in total. The molecule has 0 saturated carbocycles. The number of nitrogens with two attached hydrogens (primary N) is 1. The highest BCUT2D eigenvalue weighted by Gasteiger charge is 2.30. The molecule has 3 amide bonds. The first-order valence-corrected chi connectivity index (χ1v) is 14.0. The van der Waals surface area contributed by atoms with Crippen molar-refractivity contribution in [2.24, 2.45) is 0 Å². The van der Waals surface area contributed by atoms with Crippen molar-refractivity contribution in [3.05, 3.63) is 83.9 Å². The van der Waals surface area contributed by atoms with E-state index in [-0.39, 0.29) is 23.5 Å². The second-order valence-corrected chi connectivity index (χ2v) is 10.6. The fourth-order valence-electron chi connectivity index (χ4n) is 5.56. The number of nitrogens with zero attached hydrogens (tertiary/aromatic N) is 3. The van der Waals surface area contributed by atoms with Gasteiger partial charge in [0.15, 0.2) is 0 Å². The minimum Gasteiger partial charge on any atom is -0.382 e. The smallest absolute Gasteiger partial charge is 0.382 e. The zero-order valence-corrected chi connectivity index (χ0v) is 23.6. The van der Waals surface area contributed by atoms with Crippen LogP contribution in [0.2, 0.25) is 0 Å². The normalized spacial score (nSPS) is 14.1. The minimum absolute atomic E-state index is 0.00109. The van der Waals surface area contributed by atoms with Crippen molar-refractivity contribution >= 4 is 45.4 Å². The van der Waals surface area contributed by atoms with E-state index in [2.05, 4.69) is 26.3 Å². The number of halogens is 3. The Labute approximate surface area is 249 Å². The molecule has 3 heterocycles. The van der Waals surface area contributed by atoms with E-state index in [1.165, 1.54) is 18.3 Å². The molecule has 0 atom stereocenters. The predicted octanol–water partition coefficient (Wildman–Crippen LogP) is 5.58. The SMILES string of the molecule is Cc1nc(-c2ccc(NC(=O)Nc3cccc(C(F)(F)F)c3)c3ccccc23)c2c(N)ncc(C(=O)NC3CCNCC3)n12. The van der Waals surface area contributed by atoms with E-state index in [1.807, 2.05) is 18.2 Å². The number of hydrogen-bond donors (Lipinski definition) is 5. The summed E-state index contributed by atoms with van der Waals surface area (Å²) >= 11 is 0.